The molecule has 16 heavy (non-hydrogen) atoms. The van der Waals surface area contributed by atoms with Crippen molar-refractivity contribution in [2.24, 2.45) is 0 Å². The lowest BCUT2D eigenvalue weighted by molar-refractivity contribution is -0.118. The standard InChI is InChI=1S/C12H10ClNO2/c1-9(16)14-6-2-3-10-4-5-11(8-15)12(13)7-10/h4-5,7-8H,6H2,1H3,(H,14,16). The Labute approximate surface area is 98.8 Å². The quantitative estimate of drug-likeness (QED) is 0.626. The van der Waals surface area contributed by atoms with Crippen LogP contribution in [-0.4, -0.2) is 18.7 Å². The van der Waals surface area contributed by atoms with Crippen LogP contribution in [0.15, 0.2) is 18.2 Å². The van der Waals surface area contributed by atoms with Gasteiger partial charge in [0.05, 0.1) is 11.6 Å². The predicted octanol–water partition coefficient (Wildman–Crippen LogP) is 1.64. The van der Waals surface area contributed by atoms with Crippen LogP contribution in [0.2, 0.25) is 5.02 Å². The maximum absolute atomic E-state index is 10.6. The molecule has 0 spiro atoms. The molecule has 1 rings (SSSR count). The van der Waals surface area contributed by atoms with Crippen molar-refractivity contribution in [1.82, 2.24) is 5.32 Å². The van der Waals surface area contributed by atoms with Crippen LogP contribution in [0, 0.1) is 11.8 Å². The number of rotatable bonds is 2. The van der Waals surface area contributed by atoms with Gasteiger partial charge in [-0.1, -0.05) is 23.4 Å². The SMILES string of the molecule is CC(=O)NCC#Cc1ccc(C=O)c(Cl)c1. The Morgan fingerprint density at radius 2 is 2.31 bits per heavy atom. The zero-order valence-electron chi connectivity index (χ0n) is 8.71. The smallest absolute Gasteiger partial charge is 0.217 e. The largest absolute Gasteiger partial charge is 0.345 e. The van der Waals surface area contributed by atoms with Crippen LogP contribution < -0.4 is 5.32 Å². The van der Waals surface area contributed by atoms with Crippen LogP contribution >= 0.6 is 11.6 Å². The molecule has 0 aliphatic heterocycles. The van der Waals surface area contributed by atoms with Crippen LogP contribution in [0.4, 0.5) is 0 Å². The first-order valence-electron chi connectivity index (χ1n) is 4.61. The summed E-state index contributed by atoms with van der Waals surface area (Å²) in [6, 6.07) is 4.93. The van der Waals surface area contributed by atoms with Crippen LogP contribution in [0.5, 0.6) is 0 Å². The van der Waals surface area contributed by atoms with Crippen molar-refractivity contribution < 1.29 is 9.59 Å². The highest BCUT2D eigenvalue weighted by atomic mass is 35.5. The highest BCUT2D eigenvalue weighted by Gasteiger charge is 1.98. The van der Waals surface area contributed by atoms with Crippen molar-refractivity contribution in [3.63, 3.8) is 0 Å². The van der Waals surface area contributed by atoms with Gasteiger partial charge in [0.25, 0.3) is 0 Å². The Morgan fingerprint density at radius 3 is 2.88 bits per heavy atom. The third-order valence-corrected chi connectivity index (χ3v) is 2.11. The van der Waals surface area contributed by atoms with Gasteiger partial charge in [-0.15, -0.1) is 0 Å². The Balaban J connectivity index is 2.71. The minimum absolute atomic E-state index is 0.122. The lowest BCUT2D eigenvalue weighted by atomic mass is 10.1. The summed E-state index contributed by atoms with van der Waals surface area (Å²) >= 11 is 5.82. The first-order valence-corrected chi connectivity index (χ1v) is 4.99. The molecule has 0 bridgehead atoms. The van der Waals surface area contributed by atoms with Crippen molar-refractivity contribution in [2.75, 3.05) is 6.54 Å². The van der Waals surface area contributed by atoms with E-state index in [-0.39, 0.29) is 5.91 Å². The molecule has 0 unspecified atom stereocenters. The molecular formula is C12H10ClNO2. The van der Waals surface area contributed by atoms with Crippen molar-refractivity contribution in [3.05, 3.63) is 34.3 Å². The average Bonchev–Trinajstić information content (AvgIpc) is 2.24. The van der Waals surface area contributed by atoms with E-state index in [4.69, 9.17) is 11.6 Å². The molecule has 0 saturated carbocycles. The topological polar surface area (TPSA) is 46.2 Å². The highest BCUT2D eigenvalue weighted by molar-refractivity contribution is 6.33. The molecule has 82 valence electrons. The minimum Gasteiger partial charge on any atom is -0.345 e. The van der Waals surface area contributed by atoms with Crippen molar-refractivity contribution >= 4 is 23.8 Å². The number of halogens is 1. The fourth-order valence-electron chi connectivity index (χ4n) is 1.02. The molecule has 1 N–H and O–H groups in total. The first kappa shape index (κ1) is 12.3. The van der Waals surface area contributed by atoms with Crippen LogP contribution in [0.1, 0.15) is 22.8 Å². The number of nitrogens with one attached hydrogen (secondary N) is 1. The summed E-state index contributed by atoms with van der Waals surface area (Å²) in [5.74, 6) is 5.47. The summed E-state index contributed by atoms with van der Waals surface area (Å²) < 4.78 is 0. The van der Waals surface area contributed by atoms with Gasteiger partial charge in [0, 0.05) is 18.1 Å². The number of benzene rings is 1. The van der Waals surface area contributed by atoms with Gasteiger partial charge in [-0.25, -0.2) is 0 Å². The molecule has 0 radical (unpaired) electrons. The zero-order chi connectivity index (χ0) is 12.0. The molecule has 1 aromatic carbocycles. The molecule has 0 aromatic heterocycles. The monoisotopic (exact) mass is 235 g/mol. The van der Waals surface area contributed by atoms with Crippen molar-refractivity contribution in [1.29, 1.82) is 0 Å². The fourth-order valence-corrected chi connectivity index (χ4v) is 1.24. The summed E-state index contributed by atoms with van der Waals surface area (Å²) in [6.07, 6.45) is 0.691. The Kier molecular flexibility index (Phi) is 4.56. The zero-order valence-corrected chi connectivity index (χ0v) is 9.47. The van der Waals surface area contributed by atoms with E-state index in [0.717, 1.165) is 0 Å². The molecule has 1 aromatic rings. The van der Waals surface area contributed by atoms with Crippen LogP contribution in [0.25, 0.3) is 0 Å². The van der Waals surface area contributed by atoms with Gasteiger partial charge in [0.1, 0.15) is 0 Å². The van der Waals surface area contributed by atoms with E-state index < -0.39 is 0 Å². The first-order chi connectivity index (χ1) is 7.63. The number of hydrogen-bond donors (Lipinski definition) is 1. The second kappa shape index (κ2) is 5.94. The highest BCUT2D eigenvalue weighted by Crippen LogP contribution is 2.15. The second-order valence-corrected chi connectivity index (χ2v) is 3.47. The molecule has 3 nitrogen and oxygen atoms in total. The van der Waals surface area contributed by atoms with Crippen LogP contribution in [0.3, 0.4) is 0 Å². The molecule has 0 heterocycles. The van der Waals surface area contributed by atoms with Gasteiger partial charge < -0.3 is 5.32 Å². The maximum atomic E-state index is 10.6. The summed E-state index contributed by atoms with van der Waals surface area (Å²) in [7, 11) is 0. The number of carbonyl (C=O) groups excluding carboxylic acids is 2. The molecule has 1 amide bonds. The average molecular weight is 236 g/mol. The summed E-state index contributed by atoms with van der Waals surface area (Å²) in [5.41, 5.74) is 1.15. The normalized spacial score (nSPS) is 8.88. The van der Waals surface area contributed by atoms with Gasteiger partial charge in [-0.3, -0.25) is 9.59 Å². The second-order valence-electron chi connectivity index (χ2n) is 3.07. The van der Waals surface area contributed by atoms with E-state index in [0.29, 0.717) is 29.0 Å². The third-order valence-electron chi connectivity index (χ3n) is 1.79. The molecule has 0 fully saturated rings. The van der Waals surface area contributed by atoms with E-state index in [1.165, 1.54) is 6.92 Å². The van der Waals surface area contributed by atoms with E-state index in [1.807, 2.05) is 0 Å². The van der Waals surface area contributed by atoms with Crippen molar-refractivity contribution in [3.8, 4) is 11.8 Å². The van der Waals surface area contributed by atoms with E-state index in [2.05, 4.69) is 17.2 Å². The molecule has 4 heteroatoms. The number of hydrogen-bond acceptors (Lipinski definition) is 2. The Morgan fingerprint density at radius 1 is 1.56 bits per heavy atom. The van der Waals surface area contributed by atoms with E-state index >= 15 is 0 Å². The number of carbonyl (C=O) groups is 2. The maximum Gasteiger partial charge on any atom is 0.217 e. The third kappa shape index (κ3) is 3.76. The lowest BCUT2D eigenvalue weighted by Gasteiger charge is -1.96. The van der Waals surface area contributed by atoms with E-state index in [9.17, 15) is 9.59 Å². The molecule has 0 atom stereocenters. The molecular weight excluding hydrogens is 226 g/mol. The Bertz CT molecular complexity index is 472. The Hall–Kier alpha value is -1.79. The van der Waals surface area contributed by atoms with Gasteiger partial charge in [-0.2, -0.15) is 0 Å². The van der Waals surface area contributed by atoms with Gasteiger partial charge in [0.15, 0.2) is 6.29 Å². The number of aldehydes is 1. The summed E-state index contributed by atoms with van der Waals surface area (Å²) in [5, 5.41) is 2.93. The molecule has 0 aliphatic rings. The molecule has 0 saturated heterocycles. The predicted molar refractivity (Wildman–Crippen MR) is 62.4 cm³/mol. The number of amides is 1. The minimum atomic E-state index is -0.122. The van der Waals surface area contributed by atoms with Gasteiger partial charge in [0.2, 0.25) is 5.91 Å². The van der Waals surface area contributed by atoms with Gasteiger partial charge >= 0.3 is 0 Å². The van der Waals surface area contributed by atoms with Crippen molar-refractivity contribution in [2.45, 2.75) is 6.92 Å². The molecule has 0 aliphatic carbocycles. The van der Waals surface area contributed by atoms with Gasteiger partial charge in [-0.05, 0) is 18.2 Å². The summed E-state index contributed by atoms with van der Waals surface area (Å²) in [4.78, 5) is 21.1. The summed E-state index contributed by atoms with van der Waals surface area (Å²) in [6.45, 7) is 1.72. The lowest BCUT2D eigenvalue weighted by Crippen LogP contribution is -2.19. The van der Waals surface area contributed by atoms with Crippen LogP contribution in [-0.2, 0) is 4.79 Å². The fraction of sp³-hybridized carbons (Fsp3) is 0.167. The van der Waals surface area contributed by atoms with E-state index in [1.54, 1.807) is 18.2 Å².